The first-order chi connectivity index (χ1) is 8.56. The smallest absolute Gasteiger partial charge is 0.186 e. The van der Waals surface area contributed by atoms with Crippen molar-refractivity contribution in [3.05, 3.63) is 46.1 Å². The van der Waals surface area contributed by atoms with Crippen molar-refractivity contribution in [3.63, 3.8) is 0 Å². The maximum Gasteiger partial charge on any atom is 0.186 e. The highest BCUT2D eigenvalue weighted by Crippen LogP contribution is 2.25. The van der Waals surface area contributed by atoms with Crippen LogP contribution in [-0.2, 0) is 5.75 Å². The van der Waals surface area contributed by atoms with Crippen molar-refractivity contribution in [2.45, 2.75) is 17.6 Å². The monoisotopic (exact) mass is 327 g/mol. The number of nitrogens with two attached hydrogens (primary N) is 1. The molecule has 6 heteroatoms. The van der Waals surface area contributed by atoms with Crippen molar-refractivity contribution in [2.24, 2.45) is 0 Å². The van der Waals surface area contributed by atoms with Crippen LogP contribution in [0.2, 0.25) is 0 Å². The van der Waals surface area contributed by atoms with Crippen molar-refractivity contribution < 1.29 is 4.39 Å². The maximum atomic E-state index is 13.3. The largest absolute Gasteiger partial charge is 0.381 e. The van der Waals surface area contributed by atoms with Crippen molar-refractivity contribution in [3.8, 4) is 0 Å². The molecule has 0 aliphatic carbocycles. The Morgan fingerprint density at radius 3 is 2.83 bits per heavy atom. The number of benzene rings is 1. The third kappa shape index (κ3) is 3.20. The molecule has 0 fully saturated rings. The summed E-state index contributed by atoms with van der Waals surface area (Å²) in [6.45, 7) is 1.58. The molecule has 0 spiro atoms. The Kier molecular flexibility index (Phi) is 4.19. The van der Waals surface area contributed by atoms with E-state index in [1.165, 1.54) is 0 Å². The molecule has 18 heavy (non-hydrogen) atoms. The van der Waals surface area contributed by atoms with Gasteiger partial charge in [0.05, 0.1) is 11.4 Å². The van der Waals surface area contributed by atoms with Crippen molar-refractivity contribution >= 4 is 33.5 Å². The Hall–Kier alpha value is -1.14. The van der Waals surface area contributed by atoms with Gasteiger partial charge in [-0.3, -0.25) is 0 Å². The zero-order valence-electron chi connectivity index (χ0n) is 9.65. The van der Waals surface area contributed by atoms with E-state index in [4.69, 9.17) is 5.73 Å². The van der Waals surface area contributed by atoms with Gasteiger partial charge in [0.15, 0.2) is 11.6 Å². The molecule has 0 radical (unpaired) electrons. The van der Waals surface area contributed by atoms with Crippen LogP contribution in [0.4, 0.5) is 10.2 Å². The van der Waals surface area contributed by atoms with E-state index >= 15 is 0 Å². The van der Waals surface area contributed by atoms with Crippen molar-refractivity contribution in [1.29, 1.82) is 0 Å². The number of hydrogen-bond acceptors (Lipinski definition) is 4. The lowest BCUT2D eigenvalue weighted by Gasteiger charge is -2.05. The number of rotatable bonds is 3. The van der Waals surface area contributed by atoms with Crippen LogP contribution in [0.25, 0.3) is 0 Å². The van der Waals surface area contributed by atoms with Crippen LogP contribution in [0.5, 0.6) is 0 Å². The quantitative estimate of drug-likeness (QED) is 0.876. The molecule has 1 aromatic heterocycles. The number of thioether (sulfide) groups is 1. The van der Waals surface area contributed by atoms with Gasteiger partial charge in [-0.2, -0.15) is 0 Å². The minimum Gasteiger partial charge on any atom is -0.381 e. The lowest BCUT2D eigenvalue weighted by molar-refractivity contribution is 0.604. The molecule has 1 aromatic carbocycles. The molecule has 0 saturated heterocycles. The highest BCUT2D eigenvalue weighted by Gasteiger charge is 2.08. The van der Waals surface area contributed by atoms with Gasteiger partial charge in [-0.1, -0.05) is 22.0 Å². The second-order valence-electron chi connectivity index (χ2n) is 3.67. The fourth-order valence-corrected chi connectivity index (χ4v) is 2.77. The van der Waals surface area contributed by atoms with Crippen LogP contribution >= 0.6 is 27.7 Å². The first-order valence-corrected chi connectivity index (χ1v) is 7.01. The Morgan fingerprint density at radius 1 is 1.39 bits per heavy atom. The first-order valence-electron chi connectivity index (χ1n) is 5.23. The predicted octanol–water partition coefficient (Wildman–Crippen LogP) is 3.56. The van der Waals surface area contributed by atoms with Gasteiger partial charge < -0.3 is 5.73 Å². The molecule has 0 aliphatic heterocycles. The summed E-state index contributed by atoms with van der Waals surface area (Å²) in [6, 6.07) is 7.91. The molecule has 0 saturated carbocycles. The van der Waals surface area contributed by atoms with E-state index in [1.807, 2.05) is 24.3 Å². The molecule has 2 aromatic rings. The van der Waals surface area contributed by atoms with Crippen LogP contribution in [0.3, 0.4) is 0 Å². The summed E-state index contributed by atoms with van der Waals surface area (Å²) in [7, 11) is 0. The van der Waals surface area contributed by atoms with Gasteiger partial charge in [0.2, 0.25) is 0 Å². The summed E-state index contributed by atoms with van der Waals surface area (Å²) in [6.07, 6.45) is 0. The molecule has 0 amide bonds. The molecule has 0 atom stereocenters. The minimum absolute atomic E-state index is 0.0904. The third-order valence-corrected chi connectivity index (χ3v) is 3.74. The van der Waals surface area contributed by atoms with Crippen LogP contribution in [0, 0.1) is 12.7 Å². The normalized spacial score (nSPS) is 10.6. The third-order valence-electron chi connectivity index (χ3n) is 2.25. The van der Waals surface area contributed by atoms with E-state index in [-0.39, 0.29) is 11.5 Å². The van der Waals surface area contributed by atoms with Crippen LogP contribution in [0.15, 0.2) is 33.6 Å². The second-order valence-corrected chi connectivity index (χ2v) is 5.63. The highest BCUT2D eigenvalue weighted by atomic mass is 79.9. The van der Waals surface area contributed by atoms with Crippen molar-refractivity contribution in [1.82, 2.24) is 9.97 Å². The van der Waals surface area contributed by atoms with Gasteiger partial charge in [0, 0.05) is 9.37 Å². The van der Waals surface area contributed by atoms with Crippen LogP contribution in [0.1, 0.15) is 11.5 Å². The second kappa shape index (κ2) is 5.67. The fourth-order valence-electron chi connectivity index (χ4n) is 1.41. The van der Waals surface area contributed by atoms with Crippen LogP contribution < -0.4 is 5.73 Å². The number of hydrogen-bond donors (Lipinski definition) is 1. The summed E-state index contributed by atoms with van der Waals surface area (Å²) in [5.74, 6) is 0.469. The van der Waals surface area contributed by atoms with E-state index in [1.54, 1.807) is 18.7 Å². The number of anilines is 1. The summed E-state index contributed by atoms with van der Waals surface area (Å²) in [4.78, 5) is 9.09. The molecule has 0 aliphatic rings. The van der Waals surface area contributed by atoms with Crippen LogP contribution in [-0.4, -0.2) is 9.97 Å². The number of aryl methyl sites for hydroxylation is 1. The average Bonchev–Trinajstić information content (AvgIpc) is 2.33. The number of halogens is 2. The molecule has 2 rings (SSSR count). The fraction of sp³-hybridized carbons (Fsp3) is 0.167. The molecule has 94 valence electrons. The average molecular weight is 328 g/mol. The van der Waals surface area contributed by atoms with E-state index in [0.29, 0.717) is 11.6 Å². The molecule has 0 unspecified atom stereocenters. The standard InChI is InChI=1S/C12H11BrFN3S/c1-7-11(14)12(15)17-10(16-7)6-18-9-4-2-3-8(13)5-9/h2-5H,6H2,1H3,(H2,15,16,17). The number of aromatic nitrogens is 2. The van der Waals surface area contributed by atoms with E-state index < -0.39 is 5.82 Å². The lowest BCUT2D eigenvalue weighted by Crippen LogP contribution is -2.04. The maximum absolute atomic E-state index is 13.3. The van der Waals surface area contributed by atoms with E-state index in [2.05, 4.69) is 25.9 Å². The Morgan fingerprint density at radius 2 is 2.17 bits per heavy atom. The summed E-state index contributed by atoms with van der Waals surface area (Å²) >= 11 is 4.98. The predicted molar refractivity (Wildman–Crippen MR) is 74.8 cm³/mol. The van der Waals surface area contributed by atoms with Gasteiger partial charge in [-0.15, -0.1) is 11.8 Å². The lowest BCUT2D eigenvalue weighted by atomic mass is 10.4. The molecule has 1 heterocycles. The zero-order chi connectivity index (χ0) is 13.1. The Balaban J connectivity index is 2.11. The SMILES string of the molecule is Cc1nc(CSc2cccc(Br)c2)nc(N)c1F. The topological polar surface area (TPSA) is 51.8 Å². The summed E-state index contributed by atoms with van der Waals surface area (Å²) in [5, 5.41) is 0. The molecule has 2 N–H and O–H groups in total. The van der Waals surface area contributed by atoms with E-state index in [0.717, 1.165) is 9.37 Å². The molecule has 0 bridgehead atoms. The summed E-state index contributed by atoms with van der Waals surface area (Å²) in [5.41, 5.74) is 5.76. The molecular weight excluding hydrogens is 317 g/mol. The first kappa shape index (κ1) is 13.3. The number of nitrogen functional groups attached to an aromatic ring is 1. The molecule has 3 nitrogen and oxygen atoms in total. The molecular formula is C12H11BrFN3S. The minimum atomic E-state index is -0.536. The van der Waals surface area contributed by atoms with Gasteiger partial charge in [-0.25, -0.2) is 14.4 Å². The van der Waals surface area contributed by atoms with Gasteiger partial charge in [0.1, 0.15) is 5.82 Å². The van der Waals surface area contributed by atoms with Gasteiger partial charge in [0.25, 0.3) is 0 Å². The van der Waals surface area contributed by atoms with Gasteiger partial charge in [-0.05, 0) is 25.1 Å². The Labute approximate surface area is 117 Å². The van der Waals surface area contributed by atoms with Gasteiger partial charge >= 0.3 is 0 Å². The van der Waals surface area contributed by atoms with Crippen molar-refractivity contribution in [2.75, 3.05) is 5.73 Å². The Bertz CT molecular complexity index is 554. The zero-order valence-corrected chi connectivity index (χ0v) is 12.1. The highest BCUT2D eigenvalue weighted by molar-refractivity contribution is 9.10. The number of nitrogens with zero attached hydrogens (tertiary/aromatic N) is 2. The van der Waals surface area contributed by atoms with E-state index in [9.17, 15) is 4.39 Å². The summed E-state index contributed by atoms with van der Waals surface area (Å²) < 4.78 is 14.3.